The number of hydrogen-bond acceptors (Lipinski definition) is 3. The van der Waals surface area contributed by atoms with E-state index in [2.05, 4.69) is 31.4 Å². The first-order valence-corrected chi connectivity index (χ1v) is 7.65. The third-order valence-electron chi connectivity index (χ3n) is 3.94. The highest BCUT2D eigenvalue weighted by molar-refractivity contribution is 5.95. The van der Waals surface area contributed by atoms with Gasteiger partial charge in [-0.1, -0.05) is 32.9 Å². The van der Waals surface area contributed by atoms with Crippen molar-refractivity contribution in [2.75, 3.05) is 0 Å². The molecule has 1 aliphatic heterocycles. The number of benzene rings is 1. The average molecular weight is 300 g/mol. The Morgan fingerprint density at radius 2 is 1.82 bits per heavy atom. The van der Waals surface area contributed by atoms with Gasteiger partial charge in [-0.2, -0.15) is 0 Å². The fourth-order valence-electron chi connectivity index (χ4n) is 2.42. The molecule has 22 heavy (non-hydrogen) atoms. The number of hydrogen-bond donors (Lipinski definition) is 2. The molecule has 0 fully saturated rings. The van der Waals surface area contributed by atoms with Gasteiger partial charge < -0.3 is 10.6 Å². The number of carbonyl (C=O) groups excluding carboxylic acids is 2. The fraction of sp³-hybridized carbons (Fsp3) is 0.444. The minimum absolute atomic E-state index is 0.0759. The van der Waals surface area contributed by atoms with Crippen molar-refractivity contribution < 1.29 is 9.59 Å². The van der Waals surface area contributed by atoms with Crippen LogP contribution in [0.15, 0.2) is 36.2 Å². The van der Waals surface area contributed by atoms with E-state index in [1.54, 1.807) is 13.1 Å². The van der Waals surface area contributed by atoms with Crippen molar-refractivity contribution in [1.82, 2.24) is 10.6 Å². The van der Waals surface area contributed by atoms with E-state index in [-0.39, 0.29) is 23.1 Å². The van der Waals surface area contributed by atoms with Crippen LogP contribution in [0, 0.1) is 0 Å². The molecule has 1 aromatic rings. The van der Waals surface area contributed by atoms with E-state index < -0.39 is 0 Å². The number of allylic oxidation sites excluding steroid dienone is 1. The lowest BCUT2D eigenvalue weighted by Gasteiger charge is -2.22. The molecule has 2 rings (SSSR count). The van der Waals surface area contributed by atoms with E-state index in [1.807, 2.05) is 24.3 Å². The number of carbonyl (C=O) groups is 2. The summed E-state index contributed by atoms with van der Waals surface area (Å²) < 4.78 is 0. The Morgan fingerprint density at radius 3 is 2.27 bits per heavy atom. The van der Waals surface area contributed by atoms with Gasteiger partial charge >= 0.3 is 0 Å². The highest BCUT2D eigenvalue weighted by Gasteiger charge is 2.19. The van der Waals surface area contributed by atoms with Gasteiger partial charge in [0.25, 0.3) is 5.91 Å². The molecular formula is C18H24N2O2. The van der Waals surface area contributed by atoms with Crippen LogP contribution >= 0.6 is 0 Å². The summed E-state index contributed by atoms with van der Waals surface area (Å²) in [5.74, 6) is 0.00850. The quantitative estimate of drug-likeness (QED) is 0.902. The van der Waals surface area contributed by atoms with Crippen molar-refractivity contribution in [3.63, 3.8) is 0 Å². The number of rotatable bonds is 3. The van der Waals surface area contributed by atoms with Crippen LogP contribution in [0.3, 0.4) is 0 Å². The van der Waals surface area contributed by atoms with Gasteiger partial charge in [-0.3, -0.25) is 9.59 Å². The van der Waals surface area contributed by atoms with Gasteiger partial charge in [-0.25, -0.2) is 0 Å². The summed E-state index contributed by atoms with van der Waals surface area (Å²) in [6.07, 6.45) is 3.14. The lowest BCUT2D eigenvalue weighted by molar-refractivity contribution is -0.118. The highest BCUT2D eigenvalue weighted by atomic mass is 16.1. The van der Waals surface area contributed by atoms with E-state index >= 15 is 0 Å². The summed E-state index contributed by atoms with van der Waals surface area (Å²) in [6, 6.07) is 7.56. The first-order valence-electron chi connectivity index (χ1n) is 7.65. The zero-order valence-corrected chi connectivity index (χ0v) is 13.7. The Morgan fingerprint density at radius 1 is 1.18 bits per heavy atom. The number of Topliss-reactive ketones (excluding diaryl/α,β-unsaturated/α-hetero) is 1. The molecule has 0 aromatic heterocycles. The minimum atomic E-state index is -0.133. The van der Waals surface area contributed by atoms with Crippen LogP contribution in [0.1, 0.15) is 56.5 Å². The molecule has 118 valence electrons. The Labute approximate surface area is 132 Å². The summed E-state index contributed by atoms with van der Waals surface area (Å²) >= 11 is 0. The molecule has 4 nitrogen and oxygen atoms in total. The van der Waals surface area contributed by atoms with E-state index in [9.17, 15) is 9.59 Å². The summed E-state index contributed by atoms with van der Waals surface area (Å²) in [5.41, 5.74) is 2.74. The molecule has 1 heterocycles. The Balaban J connectivity index is 2.00. The molecule has 0 radical (unpaired) electrons. The Kier molecular flexibility index (Phi) is 4.69. The van der Waals surface area contributed by atoms with Crippen LogP contribution in [0.5, 0.6) is 0 Å². The van der Waals surface area contributed by atoms with Crippen LogP contribution in [0.2, 0.25) is 0 Å². The third kappa shape index (κ3) is 3.97. The minimum Gasteiger partial charge on any atom is -0.380 e. The topological polar surface area (TPSA) is 58.2 Å². The summed E-state index contributed by atoms with van der Waals surface area (Å²) in [5, 5.41) is 5.93. The molecule has 1 amide bonds. The second-order valence-corrected chi connectivity index (χ2v) is 6.82. The fourth-order valence-corrected chi connectivity index (χ4v) is 2.42. The Hall–Kier alpha value is -2.10. The van der Waals surface area contributed by atoms with Gasteiger partial charge in [0.1, 0.15) is 0 Å². The molecule has 0 bridgehead atoms. The van der Waals surface area contributed by atoms with Crippen molar-refractivity contribution in [1.29, 1.82) is 0 Å². The van der Waals surface area contributed by atoms with Crippen molar-refractivity contribution in [2.24, 2.45) is 0 Å². The highest BCUT2D eigenvalue weighted by Crippen LogP contribution is 2.22. The van der Waals surface area contributed by atoms with Crippen LogP contribution in [0.4, 0.5) is 0 Å². The van der Waals surface area contributed by atoms with E-state index in [0.717, 1.165) is 5.70 Å². The van der Waals surface area contributed by atoms with Crippen LogP contribution in [-0.4, -0.2) is 17.7 Å². The number of amides is 1. The maximum absolute atomic E-state index is 12.2. The van der Waals surface area contributed by atoms with Crippen LogP contribution < -0.4 is 10.6 Å². The number of ketones is 1. The summed E-state index contributed by atoms with van der Waals surface area (Å²) in [7, 11) is 0. The normalized spacial score (nSPS) is 18.2. The summed E-state index contributed by atoms with van der Waals surface area (Å²) in [6.45, 7) is 8.01. The monoisotopic (exact) mass is 300 g/mol. The first-order chi connectivity index (χ1) is 10.3. The average Bonchev–Trinajstić information content (AvgIpc) is 2.47. The molecule has 2 N–H and O–H groups in total. The Bertz CT molecular complexity index is 595. The zero-order valence-electron chi connectivity index (χ0n) is 13.7. The van der Waals surface area contributed by atoms with Crippen molar-refractivity contribution in [2.45, 2.75) is 52.0 Å². The van der Waals surface area contributed by atoms with Gasteiger partial charge in [-0.05, 0) is 42.9 Å². The predicted molar refractivity (Wildman–Crippen MR) is 87.5 cm³/mol. The van der Waals surface area contributed by atoms with Gasteiger partial charge in [0.2, 0.25) is 0 Å². The van der Waals surface area contributed by atoms with Crippen LogP contribution in [0.25, 0.3) is 0 Å². The lowest BCUT2D eigenvalue weighted by Crippen LogP contribution is -2.37. The lowest BCUT2D eigenvalue weighted by atomic mass is 9.86. The molecule has 1 aliphatic rings. The zero-order chi connectivity index (χ0) is 16.3. The summed E-state index contributed by atoms with van der Waals surface area (Å²) in [4.78, 5) is 23.5. The largest absolute Gasteiger partial charge is 0.380 e. The maximum atomic E-state index is 12.2. The standard InChI is InChI=1S/C18H24N2O2/c1-12(21)16-10-9-15(11-19-16)20-17(22)13-5-7-14(8-6-13)18(2,3)4/h5-8,11,16,19H,9-10H2,1-4H3,(H,20,22). The van der Waals surface area contributed by atoms with Gasteiger partial charge in [0.05, 0.1) is 6.04 Å². The van der Waals surface area contributed by atoms with Crippen molar-refractivity contribution >= 4 is 11.7 Å². The van der Waals surface area contributed by atoms with Crippen LogP contribution in [-0.2, 0) is 10.2 Å². The first kappa shape index (κ1) is 16.3. The third-order valence-corrected chi connectivity index (χ3v) is 3.94. The molecule has 0 saturated heterocycles. The van der Waals surface area contributed by atoms with E-state index in [4.69, 9.17) is 0 Å². The van der Waals surface area contributed by atoms with E-state index in [0.29, 0.717) is 18.4 Å². The molecule has 0 spiro atoms. The smallest absolute Gasteiger partial charge is 0.255 e. The van der Waals surface area contributed by atoms with Crippen molar-refractivity contribution in [3.05, 3.63) is 47.3 Å². The molecule has 1 unspecified atom stereocenters. The second kappa shape index (κ2) is 6.34. The van der Waals surface area contributed by atoms with Crippen molar-refractivity contribution in [3.8, 4) is 0 Å². The SMILES string of the molecule is CC(=O)C1CCC(NC(=O)c2ccc(C(C)(C)C)cc2)=CN1. The van der Waals surface area contributed by atoms with E-state index in [1.165, 1.54) is 5.56 Å². The molecule has 1 atom stereocenters. The second-order valence-electron chi connectivity index (χ2n) is 6.82. The molecular weight excluding hydrogens is 276 g/mol. The number of nitrogens with one attached hydrogen (secondary N) is 2. The van der Waals surface area contributed by atoms with Gasteiger partial charge in [-0.15, -0.1) is 0 Å². The maximum Gasteiger partial charge on any atom is 0.255 e. The van der Waals surface area contributed by atoms with Gasteiger partial charge in [0.15, 0.2) is 5.78 Å². The molecule has 1 aromatic carbocycles. The molecule has 0 saturated carbocycles. The van der Waals surface area contributed by atoms with Gasteiger partial charge in [0, 0.05) is 17.5 Å². The molecule has 4 heteroatoms. The molecule has 0 aliphatic carbocycles. The predicted octanol–water partition coefficient (Wildman–Crippen LogP) is 2.90.